The minimum absolute atomic E-state index is 0.0975. The van der Waals surface area contributed by atoms with Crippen molar-refractivity contribution in [3.05, 3.63) is 46.2 Å². The molecule has 0 atom stereocenters. The fourth-order valence-electron chi connectivity index (χ4n) is 2.87. The first-order valence-corrected chi connectivity index (χ1v) is 9.25. The van der Waals surface area contributed by atoms with Crippen molar-refractivity contribution in [3.8, 4) is 0 Å². The van der Waals surface area contributed by atoms with Crippen molar-refractivity contribution < 1.29 is 9.59 Å². The first-order valence-electron chi connectivity index (χ1n) is 8.31. The molecule has 1 aromatic carbocycles. The Hall–Kier alpha value is -2.14. The SMILES string of the molecule is CC(C)CCN1C(=O)CCc2cc(NC(=O)c3ccsc3)ccc21. The number of hydrogen-bond donors (Lipinski definition) is 1. The van der Waals surface area contributed by atoms with E-state index < -0.39 is 0 Å². The fraction of sp³-hybridized carbons (Fsp3) is 0.368. The molecule has 5 heteroatoms. The van der Waals surface area contributed by atoms with E-state index >= 15 is 0 Å². The number of benzene rings is 1. The van der Waals surface area contributed by atoms with Crippen molar-refractivity contribution in [3.63, 3.8) is 0 Å². The van der Waals surface area contributed by atoms with Crippen molar-refractivity contribution in [2.45, 2.75) is 33.1 Å². The number of amides is 2. The van der Waals surface area contributed by atoms with Crippen LogP contribution < -0.4 is 10.2 Å². The maximum absolute atomic E-state index is 12.2. The van der Waals surface area contributed by atoms with Gasteiger partial charge >= 0.3 is 0 Å². The summed E-state index contributed by atoms with van der Waals surface area (Å²) in [7, 11) is 0. The van der Waals surface area contributed by atoms with Crippen molar-refractivity contribution in [2.75, 3.05) is 16.8 Å². The molecule has 1 aliphatic heterocycles. The molecule has 0 radical (unpaired) electrons. The molecule has 2 heterocycles. The summed E-state index contributed by atoms with van der Waals surface area (Å²) in [6.45, 7) is 5.08. The van der Waals surface area contributed by atoms with Gasteiger partial charge < -0.3 is 10.2 Å². The van der Waals surface area contributed by atoms with E-state index in [1.165, 1.54) is 11.3 Å². The summed E-state index contributed by atoms with van der Waals surface area (Å²) in [6, 6.07) is 7.64. The predicted molar refractivity (Wildman–Crippen MR) is 98.8 cm³/mol. The van der Waals surface area contributed by atoms with E-state index in [0.29, 0.717) is 17.9 Å². The van der Waals surface area contributed by atoms with Crippen LogP contribution in [-0.2, 0) is 11.2 Å². The van der Waals surface area contributed by atoms with Gasteiger partial charge in [-0.05, 0) is 54.0 Å². The molecule has 0 bridgehead atoms. The van der Waals surface area contributed by atoms with E-state index in [1.54, 1.807) is 0 Å². The Morgan fingerprint density at radius 2 is 2.12 bits per heavy atom. The van der Waals surface area contributed by atoms with Gasteiger partial charge in [-0.3, -0.25) is 9.59 Å². The molecule has 2 aromatic rings. The first-order chi connectivity index (χ1) is 11.5. The van der Waals surface area contributed by atoms with Gasteiger partial charge in [0.25, 0.3) is 5.91 Å². The van der Waals surface area contributed by atoms with Crippen LogP contribution >= 0.6 is 11.3 Å². The average Bonchev–Trinajstić information content (AvgIpc) is 3.08. The van der Waals surface area contributed by atoms with E-state index in [0.717, 1.165) is 36.3 Å². The Labute approximate surface area is 146 Å². The third-order valence-corrected chi connectivity index (χ3v) is 4.93. The van der Waals surface area contributed by atoms with Gasteiger partial charge in [0.05, 0.1) is 5.56 Å². The lowest BCUT2D eigenvalue weighted by Gasteiger charge is -2.30. The lowest BCUT2D eigenvalue weighted by molar-refractivity contribution is -0.118. The second-order valence-electron chi connectivity index (χ2n) is 6.54. The number of rotatable bonds is 5. The maximum Gasteiger partial charge on any atom is 0.256 e. The topological polar surface area (TPSA) is 49.4 Å². The van der Waals surface area contributed by atoms with Gasteiger partial charge in [-0.1, -0.05) is 13.8 Å². The minimum Gasteiger partial charge on any atom is -0.322 e. The molecule has 2 amide bonds. The summed E-state index contributed by atoms with van der Waals surface area (Å²) < 4.78 is 0. The molecule has 24 heavy (non-hydrogen) atoms. The Balaban J connectivity index is 1.78. The van der Waals surface area contributed by atoms with Gasteiger partial charge in [0.15, 0.2) is 0 Å². The summed E-state index contributed by atoms with van der Waals surface area (Å²) in [5.41, 5.74) is 3.57. The number of thiophene rings is 1. The number of fused-ring (bicyclic) bond motifs is 1. The van der Waals surface area contributed by atoms with Crippen LogP contribution in [0.2, 0.25) is 0 Å². The van der Waals surface area contributed by atoms with Gasteiger partial charge in [0.1, 0.15) is 0 Å². The summed E-state index contributed by atoms with van der Waals surface area (Å²) in [5.74, 6) is 0.658. The zero-order valence-electron chi connectivity index (χ0n) is 14.0. The highest BCUT2D eigenvalue weighted by atomic mass is 32.1. The van der Waals surface area contributed by atoms with Gasteiger partial charge in [0.2, 0.25) is 5.91 Å². The molecule has 0 saturated carbocycles. The molecule has 1 aliphatic rings. The highest BCUT2D eigenvalue weighted by Crippen LogP contribution is 2.31. The lowest BCUT2D eigenvalue weighted by Crippen LogP contribution is -2.36. The standard InChI is InChI=1S/C19H22N2O2S/c1-13(2)7-9-21-17-5-4-16(11-14(17)3-6-18(21)22)20-19(23)15-8-10-24-12-15/h4-5,8,10-13H,3,6-7,9H2,1-2H3,(H,20,23). The van der Waals surface area contributed by atoms with E-state index in [9.17, 15) is 9.59 Å². The largest absolute Gasteiger partial charge is 0.322 e. The number of nitrogens with zero attached hydrogens (tertiary/aromatic N) is 1. The van der Waals surface area contributed by atoms with Crippen molar-refractivity contribution in [1.29, 1.82) is 0 Å². The van der Waals surface area contributed by atoms with E-state index in [2.05, 4.69) is 19.2 Å². The predicted octanol–water partition coefficient (Wildman–Crippen LogP) is 4.33. The molecule has 0 spiro atoms. The summed E-state index contributed by atoms with van der Waals surface area (Å²) >= 11 is 1.50. The Kier molecular flexibility index (Phi) is 5.00. The van der Waals surface area contributed by atoms with Crippen LogP contribution in [0.4, 0.5) is 11.4 Å². The number of carbonyl (C=O) groups excluding carboxylic acids is 2. The second kappa shape index (κ2) is 7.18. The lowest BCUT2D eigenvalue weighted by atomic mass is 9.99. The molecule has 126 valence electrons. The normalized spacial score (nSPS) is 14.0. The van der Waals surface area contributed by atoms with Gasteiger partial charge in [0, 0.05) is 29.7 Å². The fourth-order valence-corrected chi connectivity index (χ4v) is 3.50. The van der Waals surface area contributed by atoms with E-state index in [1.807, 2.05) is 39.9 Å². The smallest absolute Gasteiger partial charge is 0.256 e. The second-order valence-corrected chi connectivity index (χ2v) is 7.32. The molecular weight excluding hydrogens is 320 g/mol. The number of hydrogen-bond acceptors (Lipinski definition) is 3. The first kappa shape index (κ1) is 16.7. The number of aryl methyl sites for hydroxylation is 1. The number of anilines is 2. The third-order valence-electron chi connectivity index (χ3n) is 4.25. The van der Waals surface area contributed by atoms with E-state index in [-0.39, 0.29) is 11.8 Å². The highest BCUT2D eigenvalue weighted by Gasteiger charge is 2.24. The Morgan fingerprint density at radius 3 is 2.83 bits per heavy atom. The Morgan fingerprint density at radius 1 is 1.29 bits per heavy atom. The van der Waals surface area contributed by atoms with Crippen LogP contribution in [0.25, 0.3) is 0 Å². The molecule has 0 unspecified atom stereocenters. The quantitative estimate of drug-likeness (QED) is 0.879. The molecule has 4 nitrogen and oxygen atoms in total. The van der Waals surface area contributed by atoms with Gasteiger partial charge in [-0.25, -0.2) is 0 Å². The maximum atomic E-state index is 12.2. The van der Waals surface area contributed by atoms with Gasteiger partial charge in [-0.2, -0.15) is 11.3 Å². The molecule has 0 aliphatic carbocycles. The summed E-state index contributed by atoms with van der Waals surface area (Å²) in [4.78, 5) is 26.3. The number of nitrogens with one attached hydrogen (secondary N) is 1. The van der Waals surface area contributed by atoms with Crippen LogP contribution in [0.15, 0.2) is 35.0 Å². The highest BCUT2D eigenvalue weighted by molar-refractivity contribution is 7.08. The zero-order chi connectivity index (χ0) is 17.1. The molecule has 3 rings (SSSR count). The van der Waals surface area contributed by atoms with Gasteiger partial charge in [-0.15, -0.1) is 0 Å². The third kappa shape index (κ3) is 3.67. The number of carbonyl (C=O) groups is 2. The van der Waals surface area contributed by atoms with Crippen molar-refractivity contribution >= 4 is 34.5 Å². The zero-order valence-corrected chi connectivity index (χ0v) is 14.9. The van der Waals surface area contributed by atoms with Crippen molar-refractivity contribution in [2.24, 2.45) is 5.92 Å². The van der Waals surface area contributed by atoms with Crippen LogP contribution in [0.1, 0.15) is 42.6 Å². The molecule has 0 saturated heterocycles. The Bertz CT molecular complexity index is 738. The summed E-state index contributed by atoms with van der Waals surface area (Å²) in [5, 5.41) is 6.66. The van der Waals surface area contributed by atoms with Crippen LogP contribution in [0.5, 0.6) is 0 Å². The minimum atomic E-state index is -0.0975. The van der Waals surface area contributed by atoms with Crippen LogP contribution in [0, 0.1) is 5.92 Å². The van der Waals surface area contributed by atoms with E-state index in [4.69, 9.17) is 0 Å². The monoisotopic (exact) mass is 342 g/mol. The molecule has 1 N–H and O–H groups in total. The van der Waals surface area contributed by atoms with Crippen LogP contribution in [-0.4, -0.2) is 18.4 Å². The molecule has 1 aromatic heterocycles. The average molecular weight is 342 g/mol. The summed E-state index contributed by atoms with van der Waals surface area (Å²) in [6.07, 6.45) is 2.25. The van der Waals surface area contributed by atoms with Crippen LogP contribution in [0.3, 0.4) is 0 Å². The van der Waals surface area contributed by atoms with Crippen molar-refractivity contribution in [1.82, 2.24) is 0 Å². The molecule has 0 fully saturated rings. The molecular formula is C19H22N2O2S.